The number of carbonyl (C=O) groups is 3. The Balaban J connectivity index is 1.45. The van der Waals surface area contributed by atoms with Crippen LogP contribution < -0.4 is 15.0 Å². The first-order chi connectivity index (χ1) is 17.7. The lowest BCUT2D eigenvalue weighted by atomic mass is 10.1. The Labute approximate surface area is 214 Å². The number of carbonyl (C=O) groups excluding carboxylic acids is 3. The van der Waals surface area contributed by atoms with Crippen molar-refractivity contribution in [2.75, 3.05) is 13.2 Å². The van der Waals surface area contributed by atoms with E-state index in [0.717, 1.165) is 13.0 Å². The Kier molecular flexibility index (Phi) is 7.65. The molecule has 4 rings (SSSR count). The number of imidazole rings is 1. The van der Waals surface area contributed by atoms with Crippen LogP contribution in [0.4, 0.5) is 0 Å². The summed E-state index contributed by atoms with van der Waals surface area (Å²) < 4.78 is 15.0. The largest absolute Gasteiger partial charge is 0.489 e. The molecular weight excluding hydrogens is 478 g/mol. The molecule has 1 aliphatic rings. The topological polar surface area (TPSA) is 130 Å². The van der Waals surface area contributed by atoms with Crippen molar-refractivity contribution in [3.8, 4) is 11.6 Å². The maximum Gasteiger partial charge on any atom is 0.342 e. The Morgan fingerprint density at radius 1 is 1.11 bits per heavy atom. The molecule has 1 aromatic carbocycles. The van der Waals surface area contributed by atoms with Crippen molar-refractivity contribution in [1.29, 1.82) is 0 Å². The summed E-state index contributed by atoms with van der Waals surface area (Å²) in [6, 6.07) is 9.79. The van der Waals surface area contributed by atoms with Crippen LogP contribution in [0.1, 0.15) is 47.9 Å². The summed E-state index contributed by atoms with van der Waals surface area (Å²) in [4.78, 5) is 48.3. The average Bonchev–Trinajstić information content (AvgIpc) is 3.43. The molecule has 0 spiro atoms. The molecule has 0 saturated carbocycles. The Hall–Kier alpha value is -4.09. The van der Waals surface area contributed by atoms with Crippen molar-refractivity contribution in [3.63, 3.8) is 0 Å². The lowest BCUT2D eigenvalue weighted by Gasteiger charge is -2.25. The Morgan fingerprint density at radius 3 is 2.41 bits per heavy atom. The number of ether oxygens (including phenoxy) is 2. The van der Waals surface area contributed by atoms with Crippen molar-refractivity contribution in [3.05, 3.63) is 72.4 Å². The predicted molar refractivity (Wildman–Crippen MR) is 131 cm³/mol. The second-order valence-corrected chi connectivity index (χ2v) is 9.44. The molecule has 0 saturated heterocycles. The fourth-order valence-corrected chi connectivity index (χ4v) is 3.62. The van der Waals surface area contributed by atoms with Gasteiger partial charge in [0, 0.05) is 6.07 Å². The van der Waals surface area contributed by atoms with Crippen molar-refractivity contribution in [2.45, 2.75) is 45.4 Å². The number of esters is 1. The van der Waals surface area contributed by atoms with Gasteiger partial charge >= 0.3 is 5.97 Å². The molecule has 11 nitrogen and oxygen atoms in total. The number of nitrogens with two attached hydrogens (primary N) is 1. The maximum atomic E-state index is 12.9. The van der Waals surface area contributed by atoms with Gasteiger partial charge < -0.3 is 15.2 Å². The standard InChI is InChI=1S/C26H30N5O6/c1-26(2,3)36-25(34)21(37-31-23(32)19-7-4-5-8-20(19)24(31)33)16-35-18-9-10-22(28-15-18)30-14-13-29(17-30)12-6-11-27/h4-5,7-10,13-15,17,21H,6,11-12,16,27H2,1-3H3/q+1/t21-/m0/s1. The normalized spacial score (nSPS) is 14.0. The van der Waals surface area contributed by atoms with Gasteiger partial charge in [-0.1, -0.05) is 12.1 Å². The molecule has 1 aliphatic heterocycles. The molecule has 0 radical (unpaired) electrons. The number of amides is 2. The van der Waals surface area contributed by atoms with Gasteiger partial charge in [-0.15, -0.1) is 5.06 Å². The molecule has 1 atom stereocenters. The van der Waals surface area contributed by atoms with E-state index in [0.29, 0.717) is 23.2 Å². The number of hydroxylamine groups is 2. The highest BCUT2D eigenvalue weighted by atomic mass is 16.7. The van der Waals surface area contributed by atoms with E-state index in [2.05, 4.69) is 4.98 Å². The molecule has 37 heavy (non-hydrogen) atoms. The molecule has 2 amide bonds. The highest BCUT2D eigenvalue weighted by molar-refractivity contribution is 6.20. The smallest absolute Gasteiger partial charge is 0.342 e. The molecule has 0 bridgehead atoms. The van der Waals surface area contributed by atoms with Gasteiger partial charge in [-0.3, -0.25) is 9.59 Å². The predicted octanol–water partition coefficient (Wildman–Crippen LogP) is 1.83. The zero-order valence-electron chi connectivity index (χ0n) is 21.0. The molecule has 0 fully saturated rings. The van der Waals surface area contributed by atoms with Crippen LogP contribution in [0.3, 0.4) is 0 Å². The van der Waals surface area contributed by atoms with Crippen LogP contribution in [-0.2, 0) is 20.9 Å². The highest BCUT2D eigenvalue weighted by Gasteiger charge is 2.40. The molecule has 3 heterocycles. The first kappa shape index (κ1) is 26.0. The van der Waals surface area contributed by atoms with Crippen molar-refractivity contribution in [2.24, 2.45) is 5.73 Å². The summed E-state index contributed by atoms with van der Waals surface area (Å²) in [7, 11) is 0. The van der Waals surface area contributed by atoms with Crippen LogP contribution in [0, 0.1) is 0 Å². The van der Waals surface area contributed by atoms with Gasteiger partial charge in [-0.25, -0.2) is 19.2 Å². The fourth-order valence-electron chi connectivity index (χ4n) is 3.62. The molecule has 0 aliphatic carbocycles. The minimum absolute atomic E-state index is 0.200. The molecule has 0 unspecified atom stereocenters. The van der Waals surface area contributed by atoms with Crippen LogP contribution in [0.5, 0.6) is 5.75 Å². The zero-order chi connectivity index (χ0) is 26.6. The highest BCUT2D eigenvalue weighted by Crippen LogP contribution is 2.24. The number of aryl methyl sites for hydroxylation is 1. The molecule has 3 aromatic rings. The average molecular weight is 509 g/mol. The monoisotopic (exact) mass is 508 g/mol. The number of hydrogen-bond acceptors (Lipinski definition) is 8. The van der Waals surface area contributed by atoms with E-state index < -0.39 is 29.5 Å². The number of nitrogens with zero attached hydrogens (tertiary/aromatic N) is 4. The second-order valence-electron chi connectivity index (χ2n) is 9.44. The van der Waals surface area contributed by atoms with Gasteiger partial charge in [0.2, 0.25) is 18.2 Å². The third-order valence-electron chi connectivity index (χ3n) is 5.36. The van der Waals surface area contributed by atoms with Crippen LogP contribution in [-0.4, -0.2) is 57.3 Å². The zero-order valence-corrected chi connectivity index (χ0v) is 21.0. The molecule has 194 valence electrons. The van der Waals surface area contributed by atoms with Crippen LogP contribution >= 0.6 is 0 Å². The summed E-state index contributed by atoms with van der Waals surface area (Å²) in [6.45, 7) is 6.22. The van der Waals surface area contributed by atoms with Gasteiger partial charge in [0.05, 0.1) is 23.9 Å². The van der Waals surface area contributed by atoms with Gasteiger partial charge in [0.15, 0.2) is 0 Å². The summed E-state index contributed by atoms with van der Waals surface area (Å²) in [6.07, 6.45) is 6.72. The SMILES string of the molecule is CC(C)(C)OC(=O)[C@H](COc1ccc(-n2cc[n+](CCCN)c2)nc1)ON1C(=O)c2ccccc2C1=O. The molecule has 2 N–H and O–H groups in total. The summed E-state index contributed by atoms with van der Waals surface area (Å²) in [5, 5.41) is 0.579. The van der Waals surface area contributed by atoms with Gasteiger partial charge in [0.25, 0.3) is 11.8 Å². The van der Waals surface area contributed by atoms with Crippen LogP contribution in [0.2, 0.25) is 0 Å². The van der Waals surface area contributed by atoms with E-state index in [9.17, 15) is 14.4 Å². The van der Waals surface area contributed by atoms with E-state index in [-0.39, 0.29) is 17.7 Å². The summed E-state index contributed by atoms with van der Waals surface area (Å²) >= 11 is 0. The first-order valence-electron chi connectivity index (χ1n) is 11.9. The van der Waals surface area contributed by atoms with Crippen LogP contribution in [0.15, 0.2) is 61.3 Å². The van der Waals surface area contributed by atoms with E-state index in [4.69, 9.17) is 20.0 Å². The first-order valence-corrected chi connectivity index (χ1v) is 11.9. The number of pyridine rings is 1. The Morgan fingerprint density at radius 2 is 1.81 bits per heavy atom. The molecule has 2 aromatic heterocycles. The molecule has 11 heteroatoms. The number of fused-ring (bicyclic) bond motifs is 1. The van der Waals surface area contributed by atoms with Crippen LogP contribution in [0.25, 0.3) is 5.82 Å². The quantitative estimate of drug-likeness (QED) is 0.249. The lowest BCUT2D eigenvalue weighted by Crippen LogP contribution is -2.43. The number of aromatic nitrogens is 3. The summed E-state index contributed by atoms with van der Waals surface area (Å²) in [5.74, 6) is -1.05. The van der Waals surface area contributed by atoms with Crippen molar-refractivity contribution >= 4 is 17.8 Å². The van der Waals surface area contributed by atoms with E-state index in [1.807, 2.05) is 27.9 Å². The van der Waals surface area contributed by atoms with Gasteiger partial charge in [-0.2, -0.15) is 4.57 Å². The third-order valence-corrected chi connectivity index (χ3v) is 5.36. The van der Waals surface area contributed by atoms with Crippen molar-refractivity contribution in [1.82, 2.24) is 14.6 Å². The lowest BCUT2D eigenvalue weighted by molar-refractivity contribution is -0.696. The van der Waals surface area contributed by atoms with E-state index >= 15 is 0 Å². The number of rotatable bonds is 10. The Bertz CT molecular complexity index is 1250. The maximum absolute atomic E-state index is 12.9. The number of imide groups is 1. The van der Waals surface area contributed by atoms with E-state index in [1.54, 1.807) is 45.0 Å². The second kappa shape index (κ2) is 10.9. The number of hydrogen-bond donors (Lipinski definition) is 1. The molecular formula is C26H30N5O6+. The van der Waals surface area contributed by atoms with Gasteiger partial charge in [0.1, 0.15) is 30.4 Å². The van der Waals surface area contributed by atoms with Gasteiger partial charge in [-0.05, 0) is 51.9 Å². The summed E-state index contributed by atoms with van der Waals surface area (Å²) in [5.41, 5.74) is 5.15. The van der Waals surface area contributed by atoms with E-state index in [1.165, 1.54) is 18.3 Å². The minimum atomic E-state index is -1.38. The van der Waals surface area contributed by atoms with Crippen molar-refractivity contribution < 1.29 is 33.3 Å². The third kappa shape index (κ3) is 6.19. The fraction of sp³-hybridized carbons (Fsp3) is 0.346. The number of benzene rings is 1. The minimum Gasteiger partial charge on any atom is -0.489 e.